The Hall–Kier alpha value is -1.72. The summed E-state index contributed by atoms with van der Waals surface area (Å²) in [7, 11) is 1.30. The Labute approximate surface area is 301 Å². The maximum Gasteiger partial charge on any atom is 0.200 e. The van der Waals surface area contributed by atoms with Gasteiger partial charge in [0.15, 0.2) is 8.32 Å². The molecule has 4 atom stereocenters. The third-order valence-corrected chi connectivity index (χ3v) is 19.7. The Kier molecular flexibility index (Phi) is 11.2. The van der Waals surface area contributed by atoms with Crippen LogP contribution in [0.3, 0.4) is 0 Å². The summed E-state index contributed by atoms with van der Waals surface area (Å²) >= 11 is 6.00. The Morgan fingerprint density at radius 3 is 2.35 bits per heavy atom. The number of hydrogen-bond donors (Lipinski definition) is 1. The van der Waals surface area contributed by atoms with Crippen LogP contribution in [-0.4, -0.2) is 58.9 Å². The fourth-order valence-corrected chi connectivity index (χ4v) is 16.6. The second kappa shape index (κ2) is 14.9. The lowest BCUT2D eigenvalue weighted by molar-refractivity contribution is 0.109. The van der Waals surface area contributed by atoms with Crippen molar-refractivity contribution in [2.45, 2.75) is 125 Å². The highest BCUT2D eigenvalue weighted by molar-refractivity contribution is 9.10. The summed E-state index contributed by atoms with van der Waals surface area (Å²) in [5.74, 6) is 4.27. The maximum absolute atomic E-state index is 7.30. The highest BCUT2D eigenvalue weighted by Crippen LogP contribution is 2.61. The molecule has 0 aromatic heterocycles. The number of nitrogens with zero attached hydrogens (tertiary/aromatic N) is 1. The number of benzene rings is 2. The van der Waals surface area contributed by atoms with E-state index >= 15 is 0 Å². The van der Waals surface area contributed by atoms with Crippen LogP contribution in [0.4, 0.5) is 0 Å². The number of methoxy groups -OCH3 is 1. The summed E-state index contributed by atoms with van der Waals surface area (Å²) in [5, 5.41) is 8.77. The molecule has 6 rings (SSSR count). The summed E-state index contributed by atoms with van der Waals surface area (Å²) in [5.41, 5.74) is 6.33. The summed E-state index contributed by atoms with van der Waals surface area (Å²) in [6, 6.07) is 10.9. The van der Waals surface area contributed by atoms with Crippen LogP contribution < -0.4 is 19.5 Å². The van der Waals surface area contributed by atoms with E-state index in [-0.39, 0.29) is 22.8 Å². The van der Waals surface area contributed by atoms with Gasteiger partial charge in [-0.2, -0.15) is 11.8 Å². The Morgan fingerprint density at radius 1 is 1.02 bits per heavy atom. The van der Waals surface area contributed by atoms with E-state index in [1.165, 1.54) is 29.5 Å². The number of rotatable bonds is 14. The van der Waals surface area contributed by atoms with Crippen molar-refractivity contribution in [1.29, 1.82) is 0 Å². The summed E-state index contributed by atoms with van der Waals surface area (Å²) in [6.07, 6.45) is 4.96. The minimum atomic E-state index is -2.06. The average molecular weight is 760 g/mol. The summed E-state index contributed by atoms with van der Waals surface area (Å²) in [4.78, 5) is 5.39. The van der Waals surface area contributed by atoms with Crippen molar-refractivity contribution in [2.75, 3.05) is 27.4 Å². The van der Waals surface area contributed by atoms with Crippen molar-refractivity contribution >= 4 is 41.7 Å². The predicted molar refractivity (Wildman–Crippen MR) is 202 cm³/mol. The molecule has 2 aliphatic heterocycles. The first-order chi connectivity index (χ1) is 23.0. The molecule has 2 fully saturated rings. The molecule has 0 saturated heterocycles. The average Bonchev–Trinajstić information content (AvgIpc) is 3.85. The largest absolute Gasteiger partial charge is 0.497 e. The number of halogens is 1. The minimum absolute atomic E-state index is 0.0676. The normalized spacial score (nSPS) is 26.0. The molecule has 264 valence electrons. The Balaban J connectivity index is 1.40. The maximum atomic E-state index is 7.30. The zero-order valence-corrected chi connectivity index (χ0v) is 33.5. The molecule has 0 bridgehead atoms. The zero-order valence-electron chi connectivity index (χ0n) is 30.1. The van der Waals surface area contributed by atoms with Gasteiger partial charge >= 0.3 is 0 Å². The molecule has 7 nitrogen and oxygen atoms in total. The van der Waals surface area contributed by atoms with Gasteiger partial charge in [-0.3, -0.25) is 0 Å². The molecule has 2 aliphatic carbocycles. The molecule has 2 aromatic carbocycles. The quantitative estimate of drug-likeness (QED) is 0.152. The molecule has 4 aliphatic rings. The van der Waals surface area contributed by atoms with Crippen molar-refractivity contribution < 1.29 is 23.5 Å². The second-order valence-corrected chi connectivity index (χ2v) is 22.7. The zero-order chi connectivity index (χ0) is 34.2. The molecule has 2 saturated carbocycles. The van der Waals surface area contributed by atoms with Gasteiger partial charge < -0.3 is 28.8 Å². The molecule has 48 heavy (non-hydrogen) atoms. The van der Waals surface area contributed by atoms with E-state index < -0.39 is 8.32 Å². The van der Waals surface area contributed by atoms with Gasteiger partial charge in [-0.25, -0.2) is 0 Å². The van der Waals surface area contributed by atoms with Crippen LogP contribution in [0.1, 0.15) is 90.3 Å². The van der Waals surface area contributed by atoms with E-state index in [4.69, 9.17) is 23.5 Å². The first-order valence-corrected chi connectivity index (χ1v) is 21.9. The number of thioether (sulfide) groups is 1. The van der Waals surface area contributed by atoms with Gasteiger partial charge in [-0.05, 0) is 87.1 Å². The number of hydrogen-bond acceptors (Lipinski definition) is 8. The van der Waals surface area contributed by atoms with Crippen LogP contribution >= 0.6 is 27.7 Å². The predicted octanol–water partition coefficient (Wildman–Crippen LogP) is 9.40. The van der Waals surface area contributed by atoms with E-state index in [1.807, 2.05) is 11.8 Å². The fourth-order valence-electron chi connectivity index (χ4n) is 9.00. The standard InChI is InChI=1S/C38H55BrN2O5SSi/c1-23(2)48(24(3)4,25(5)6)45-21-30-18-38-33(16-29(41-43-8)17-34(38)47-22-27-11-13-31(42-7)14-12-27)46-37-35(38)28(19-40-30)15-32(36(37)39)44-20-26-9-10-26/h11-15,23-26,30,33-34,40H,9-10,16-22H2,1-8H3/b41-29+/t30-,33?,34+,38?/m0/s1. The van der Waals surface area contributed by atoms with Crippen molar-refractivity contribution in [3.63, 3.8) is 0 Å². The minimum Gasteiger partial charge on any atom is -0.497 e. The number of nitrogens with one attached hydrogen (secondary N) is 1. The van der Waals surface area contributed by atoms with Gasteiger partial charge in [0, 0.05) is 48.6 Å². The van der Waals surface area contributed by atoms with Gasteiger partial charge in [0.2, 0.25) is 0 Å². The summed E-state index contributed by atoms with van der Waals surface area (Å²) in [6.45, 7) is 16.5. The Bertz CT molecular complexity index is 1440. The van der Waals surface area contributed by atoms with Crippen molar-refractivity contribution in [1.82, 2.24) is 5.32 Å². The highest BCUT2D eigenvalue weighted by atomic mass is 79.9. The number of ether oxygens (including phenoxy) is 3. The lowest BCUT2D eigenvalue weighted by Crippen LogP contribution is -2.56. The summed E-state index contributed by atoms with van der Waals surface area (Å²) < 4.78 is 27.3. The highest BCUT2D eigenvalue weighted by Gasteiger charge is 2.60. The van der Waals surface area contributed by atoms with Gasteiger partial charge in [0.25, 0.3) is 0 Å². The topological polar surface area (TPSA) is 70.5 Å². The van der Waals surface area contributed by atoms with E-state index in [0.717, 1.165) is 65.6 Å². The van der Waals surface area contributed by atoms with Crippen LogP contribution in [0.2, 0.25) is 16.6 Å². The molecule has 10 heteroatoms. The molecule has 0 radical (unpaired) electrons. The molecule has 2 heterocycles. The molecule has 2 aromatic rings. The fraction of sp³-hybridized carbons (Fsp3) is 0.658. The van der Waals surface area contributed by atoms with Gasteiger partial charge in [0.05, 0.1) is 24.8 Å². The SMILES string of the molecule is CO/N=C1\CC2Oc3c(Br)c(OCC4CC4)cc4c3C2(C[C@@H](CO[Si](C(C)C)(C(C)C)C(C)C)NC4)[C@H](SCc2ccc(OC)cc2)C1. The molecule has 0 amide bonds. The van der Waals surface area contributed by atoms with Crippen molar-refractivity contribution in [2.24, 2.45) is 11.1 Å². The molecule has 1 spiro atoms. The van der Waals surface area contributed by atoms with Gasteiger partial charge in [-0.15, -0.1) is 0 Å². The van der Waals surface area contributed by atoms with Crippen LogP contribution in [0.15, 0.2) is 40.0 Å². The molecular weight excluding hydrogens is 704 g/mol. The van der Waals surface area contributed by atoms with Crippen molar-refractivity contribution in [3.05, 3.63) is 51.5 Å². The third-order valence-electron chi connectivity index (χ3n) is 11.4. The molecule has 1 N–H and O–H groups in total. The first kappa shape index (κ1) is 36.1. The third kappa shape index (κ3) is 6.82. The van der Waals surface area contributed by atoms with Crippen LogP contribution in [-0.2, 0) is 27.0 Å². The monoisotopic (exact) mass is 758 g/mol. The van der Waals surface area contributed by atoms with Crippen molar-refractivity contribution in [3.8, 4) is 17.2 Å². The van der Waals surface area contributed by atoms with E-state index in [9.17, 15) is 0 Å². The Morgan fingerprint density at radius 2 is 1.73 bits per heavy atom. The van der Waals surface area contributed by atoms with E-state index in [0.29, 0.717) is 29.1 Å². The second-order valence-electron chi connectivity index (χ2n) is 15.3. The van der Waals surface area contributed by atoms with Crippen LogP contribution in [0, 0.1) is 5.92 Å². The smallest absolute Gasteiger partial charge is 0.200 e. The lowest BCUT2D eigenvalue weighted by atomic mass is 9.64. The molecular formula is C38H55BrN2O5SSi. The molecule has 2 unspecified atom stereocenters. The van der Waals surface area contributed by atoms with E-state index in [1.54, 1.807) is 14.2 Å². The first-order valence-electron chi connectivity index (χ1n) is 17.9. The van der Waals surface area contributed by atoms with E-state index in [2.05, 4.69) is 98.3 Å². The van der Waals surface area contributed by atoms with Crippen LogP contribution in [0.5, 0.6) is 17.2 Å². The van der Waals surface area contributed by atoms with Gasteiger partial charge in [-0.1, -0.05) is 58.8 Å². The van der Waals surface area contributed by atoms with Gasteiger partial charge in [0.1, 0.15) is 34.9 Å². The van der Waals surface area contributed by atoms with Crippen LogP contribution in [0.25, 0.3) is 0 Å². The number of oxime groups is 1. The lowest BCUT2D eigenvalue weighted by Gasteiger charge is -2.47.